The van der Waals surface area contributed by atoms with Crippen LogP contribution in [0.3, 0.4) is 0 Å². The SMILES string of the molecule is Cc1ccc(S(=O)(=O)N(C)C)cc1NC(=O)C12CCC(C)(C(=O)C1=O)C2(C)C. The van der Waals surface area contributed by atoms with Gasteiger partial charge in [0.2, 0.25) is 27.5 Å². The molecule has 8 heteroatoms. The summed E-state index contributed by atoms with van der Waals surface area (Å²) in [4.78, 5) is 38.8. The van der Waals surface area contributed by atoms with Crippen LogP contribution in [0.4, 0.5) is 5.69 Å². The Morgan fingerprint density at radius 2 is 1.68 bits per heavy atom. The molecule has 0 saturated heterocycles. The number of benzene rings is 1. The summed E-state index contributed by atoms with van der Waals surface area (Å²) in [5, 5.41) is 2.75. The summed E-state index contributed by atoms with van der Waals surface area (Å²) in [6.45, 7) is 7.08. The van der Waals surface area contributed by atoms with E-state index in [1.807, 2.05) is 0 Å². The predicted octanol–water partition coefficient (Wildman–Crippen LogP) is 2.15. The summed E-state index contributed by atoms with van der Waals surface area (Å²) in [6.07, 6.45) is 0.785. The molecule has 3 rings (SSSR count). The molecule has 0 aromatic heterocycles. The van der Waals surface area contributed by atoms with Gasteiger partial charge in [0.05, 0.1) is 4.90 Å². The normalized spacial score (nSPS) is 28.8. The van der Waals surface area contributed by atoms with Gasteiger partial charge in [-0.05, 0) is 42.9 Å². The molecular weight excluding hydrogens is 380 g/mol. The molecule has 2 unspecified atom stereocenters. The van der Waals surface area contributed by atoms with Gasteiger partial charge in [-0.2, -0.15) is 0 Å². The summed E-state index contributed by atoms with van der Waals surface area (Å²) in [5.74, 6) is -1.67. The van der Waals surface area contributed by atoms with Crippen molar-refractivity contribution in [3.63, 3.8) is 0 Å². The maximum atomic E-state index is 13.3. The van der Waals surface area contributed by atoms with E-state index in [-0.39, 0.29) is 4.90 Å². The van der Waals surface area contributed by atoms with Crippen LogP contribution in [0.25, 0.3) is 0 Å². The standard InChI is InChI=1S/C20H26N2O5S/c1-12-7-8-13(28(26,27)22(5)6)11-14(12)21-17(25)20-10-9-19(4,18(20,2)3)15(23)16(20)24/h7-8,11H,9-10H2,1-6H3,(H,21,25). The molecule has 0 radical (unpaired) electrons. The maximum absolute atomic E-state index is 13.3. The van der Waals surface area contributed by atoms with Gasteiger partial charge >= 0.3 is 0 Å². The van der Waals surface area contributed by atoms with Gasteiger partial charge in [0.25, 0.3) is 0 Å². The number of carbonyl (C=O) groups excluding carboxylic acids is 3. The average molecular weight is 407 g/mol. The van der Waals surface area contributed by atoms with Crippen molar-refractivity contribution in [2.45, 2.75) is 45.4 Å². The van der Waals surface area contributed by atoms with Crippen molar-refractivity contribution < 1.29 is 22.8 Å². The Labute approximate surface area is 165 Å². The summed E-state index contributed by atoms with van der Waals surface area (Å²) >= 11 is 0. The number of sulfonamides is 1. The van der Waals surface area contributed by atoms with Crippen molar-refractivity contribution >= 4 is 33.2 Å². The molecule has 1 aromatic rings. The summed E-state index contributed by atoms with van der Waals surface area (Å²) in [5.41, 5.74) is -2.12. The topological polar surface area (TPSA) is 101 Å². The number of carbonyl (C=O) groups is 3. The zero-order valence-corrected chi connectivity index (χ0v) is 17.9. The molecule has 28 heavy (non-hydrogen) atoms. The highest BCUT2D eigenvalue weighted by Crippen LogP contribution is 2.69. The molecule has 0 aliphatic heterocycles. The number of ketones is 2. The van der Waals surface area contributed by atoms with Crippen molar-refractivity contribution in [2.24, 2.45) is 16.2 Å². The molecular formula is C20H26N2O5S. The third-order valence-corrected chi connectivity index (χ3v) is 8.98. The van der Waals surface area contributed by atoms with Crippen LogP contribution in [0.2, 0.25) is 0 Å². The fraction of sp³-hybridized carbons (Fsp3) is 0.550. The van der Waals surface area contributed by atoms with Gasteiger partial charge in [-0.25, -0.2) is 12.7 Å². The largest absolute Gasteiger partial charge is 0.325 e. The Morgan fingerprint density at radius 3 is 2.18 bits per heavy atom. The number of hydrogen-bond acceptors (Lipinski definition) is 5. The lowest BCUT2D eigenvalue weighted by atomic mass is 9.64. The molecule has 0 heterocycles. The number of anilines is 1. The summed E-state index contributed by atoms with van der Waals surface area (Å²) < 4.78 is 25.9. The minimum Gasteiger partial charge on any atom is -0.325 e. The van der Waals surface area contributed by atoms with E-state index in [0.29, 0.717) is 24.1 Å². The first-order valence-corrected chi connectivity index (χ1v) is 10.6. The number of amides is 1. The minimum atomic E-state index is -3.67. The lowest BCUT2D eigenvalue weighted by molar-refractivity contribution is -0.147. The van der Waals surface area contributed by atoms with Gasteiger partial charge < -0.3 is 5.32 Å². The minimum absolute atomic E-state index is 0.0419. The number of hydrogen-bond donors (Lipinski definition) is 1. The Kier molecular flexibility index (Phi) is 4.41. The van der Waals surface area contributed by atoms with Crippen LogP contribution in [0.5, 0.6) is 0 Å². The predicted molar refractivity (Wildman–Crippen MR) is 104 cm³/mol. The number of Topliss-reactive ketones (excluding diaryl/α,β-unsaturated/α-hetero) is 2. The number of nitrogens with one attached hydrogen (secondary N) is 1. The highest BCUT2D eigenvalue weighted by molar-refractivity contribution is 7.89. The van der Waals surface area contributed by atoms with E-state index in [2.05, 4.69) is 5.32 Å². The molecule has 1 amide bonds. The zero-order valence-electron chi connectivity index (χ0n) is 17.0. The summed E-state index contributed by atoms with van der Waals surface area (Å²) in [7, 11) is -0.819. The van der Waals surface area contributed by atoms with Crippen LogP contribution in [0.1, 0.15) is 39.2 Å². The first-order chi connectivity index (χ1) is 12.7. The number of rotatable bonds is 4. The average Bonchev–Trinajstić information content (AvgIpc) is 2.88. The second-order valence-corrected chi connectivity index (χ2v) is 10.9. The number of aryl methyl sites for hydroxylation is 1. The number of nitrogens with zero attached hydrogens (tertiary/aromatic N) is 1. The van der Waals surface area contributed by atoms with Gasteiger partial charge in [-0.3, -0.25) is 14.4 Å². The molecule has 7 nitrogen and oxygen atoms in total. The molecule has 1 aromatic carbocycles. The van der Waals surface area contributed by atoms with E-state index in [4.69, 9.17) is 0 Å². The number of fused-ring (bicyclic) bond motifs is 2. The van der Waals surface area contributed by atoms with Gasteiger partial charge in [0, 0.05) is 25.2 Å². The molecule has 2 saturated carbocycles. The van der Waals surface area contributed by atoms with Crippen LogP contribution < -0.4 is 5.32 Å². The van der Waals surface area contributed by atoms with Crippen LogP contribution in [0, 0.1) is 23.2 Å². The second kappa shape index (κ2) is 5.97. The third kappa shape index (κ3) is 2.30. The van der Waals surface area contributed by atoms with Crippen molar-refractivity contribution in [1.82, 2.24) is 4.31 Å². The smallest absolute Gasteiger partial charge is 0.242 e. The Bertz CT molecular complexity index is 1010. The fourth-order valence-electron chi connectivity index (χ4n) is 4.61. The van der Waals surface area contributed by atoms with Crippen molar-refractivity contribution in [3.8, 4) is 0 Å². The van der Waals surface area contributed by atoms with Crippen LogP contribution in [-0.4, -0.2) is 44.3 Å². The molecule has 0 spiro atoms. The third-order valence-electron chi connectivity index (χ3n) is 7.16. The molecule has 2 aliphatic carbocycles. The van der Waals surface area contributed by atoms with Gasteiger partial charge in [0.15, 0.2) is 0 Å². The molecule has 2 bridgehead atoms. The van der Waals surface area contributed by atoms with E-state index < -0.39 is 43.7 Å². The zero-order chi connectivity index (χ0) is 21.3. The van der Waals surface area contributed by atoms with E-state index >= 15 is 0 Å². The van der Waals surface area contributed by atoms with Crippen LogP contribution in [-0.2, 0) is 24.4 Å². The Morgan fingerprint density at radius 1 is 1.07 bits per heavy atom. The Balaban J connectivity index is 2.03. The molecule has 2 atom stereocenters. The van der Waals surface area contributed by atoms with Crippen LogP contribution in [0.15, 0.2) is 23.1 Å². The first-order valence-electron chi connectivity index (χ1n) is 9.17. The Hall–Kier alpha value is -2.06. The van der Waals surface area contributed by atoms with Gasteiger partial charge in [0.1, 0.15) is 5.41 Å². The van der Waals surface area contributed by atoms with Crippen LogP contribution >= 0.6 is 0 Å². The highest BCUT2D eigenvalue weighted by Gasteiger charge is 2.77. The highest BCUT2D eigenvalue weighted by atomic mass is 32.2. The second-order valence-electron chi connectivity index (χ2n) is 8.74. The van der Waals surface area contributed by atoms with E-state index in [1.165, 1.54) is 26.2 Å². The molecule has 2 fully saturated rings. The van der Waals surface area contributed by atoms with Gasteiger partial charge in [-0.1, -0.05) is 26.8 Å². The van der Waals surface area contributed by atoms with Crippen molar-refractivity contribution in [3.05, 3.63) is 23.8 Å². The maximum Gasteiger partial charge on any atom is 0.242 e. The monoisotopic (exact) mass is 406 g/mol. The van der Waals surface area contributed by atoms with Crippen molar-refractivity contribution in [2.75, 3.05) is 19.4 Å². The van der Waals surface area contributed by atoms with E-state index in [0.717, 1.165) is 4.31 Å². The lowest BCUT2D eigenvalue weighted by Crippen LogP contribution is -2.47. The van der Waals surface area contributed by atoms with E-state index in [9.17, 15) is 22.8 Å². The fourth-order valence-corrected chi connectivity index (χ4v) is 5.54. The molecule has 2 aliphatic rings. The molecule has 1 N–H and O–H groups in total. The summed E-state index contributed by atoms with van der Waals surface area (Å²) in [6, 6.07) is 4.47. The quantitative estimate of drug-likeness (QED) is 0.610. The van der Waals surface area contributed by atoms with E-state index in [1.54, 1.807) is 33.8 Å². The lowest BCUT2D eigenvalue weighted by Gasteiger charge is -2.37. The van der Waals surface area contributed by atoms with Gasteiger partial charge in [-0.15, -0.1) is 0 Å². The first kappa shape index (κ1) is 20.7. The van der Waals surface area contributed by atoms with Crippen molar-refractivity contribution in [1.29, 1.82) is 0 Å². The molecule has 152 valence electrons.